The average molecular weight is 423 g/mol. The Balaban J connectivity index is 1.59. The summed E-state index contributed by atoms with van der Waals surface area (Å²) in [4.78, 5) is 12.6. The number of nitrogens with zero attached hydrogens (tertiary/aromatic N) is 3. The highest BCUT2D eigenvalue weighted by Gasteiger charge is 2.25. The van der Waals surface area contributed by atoms with Gasteiger partial charge in [-0.2, -0.15) is 0 Å². The van der Waals surface area contributed by atoms with E-state index in [9.17, 15) is 4.79 Å². The number of amides is 1. The minimum absolute atomic E-state index is 0.00758. The first-order chi connectivity index (χ1) is 14.6. The van der Waals surface area contributed by atoms with E-state index in [1.54, 1.807) is 18.9 Å². The van der Waals surface area contributed by atoms with Crippen LogP contribution in [0.5, 0.6) is 5.75 Å². The van der Waals surface area contributed by atoms with E-state index >= 15 is 0 Å². The SMILES string of the molecule is COc1ccc(-n2c(SCc3ccccc3C(=O)NC3CC3)nnc2C(C)C)cc1. The van der Waals surface area contributed by atoms with Gasteiger partial charge < -0.3 is 10.1 Å². The molecular formula is C23H26N4O2S. The predicted molar refractivity (Wildman–Crippen MR) is 118 cm³/mol. The lowest BCUT2D eigenvalue weighted by molar-refractivity contribution is 0.0950. The molecule has 1 saturated carbocycles. The van der Waals surface area contributed by atoms with Crippen molar-refractivity contribution in [3.63, 3.8) is 0 Å². The summed E-state index contributed by atoms with van der Waals surface area (Å²) in [5.74, 6) is 2.59. The lowest BCUT2D eigenvalue weighted by atomic mass is 10.1. The van der Waals surface area contributed by atoms with E-state index in [0.29, 0.717) is 11.8 Å². The Hall–Kier alpha value is -2.80. The van der Waals surface area contributed by atoms with E-state index in [2.05, 4.69) is 33.9 Å². The number of hydrogen-bond acceptors (Lipinski definition) is 5. The monoisotopic (exact) mass is 422 g/mol. The fourth-order valence-electron chi connectivity index (χ4n) is 3.22. The van der Waals surface area contributed by atoms with Gasteiger partial charge in [0, 0.05) is 29.0 Å². The summed E-state index contributed by atoms with van der Waals surface area (Å²) < 4.78 is 7.37. The average Bonchev–Trinajstić information content (AvgIpc) is 3.47. The Kier molecular flexibility index (Phi) is 6.08. The zero-order valence-electron chi connectivity index (χ0n) is 17.5. The minimum atomic E-state index is 0.00758. The van der Waals surface area contributed by atoms with Gasteiger partial charge in [-0.15, -0.1) is 10.2 Å². The summed E-state index contributed by atoms with van der Waals surface area (Å²) in [6.07, 6.45) is 2.15. The Bertz CT molecular complexity index is 1030. The molecule has 0 saturated heterocycles. The van der Waals surface area contributed by atoms with Crippen molar-refractivity contribution in [1.29, 1.82) is 0 Å². The van der Waals surface area contributed by atoms with Crippen LogP contribution in [0, 0.1) is 0 Å². The number of methoxy groups -OCH3 is 1. The number of carbonyl (C=O) groups excluding carboxylic acids is 1. The summed E-state index contributed by atoms with van der Waals surface area (Å²) in [7, 11) is 1.66. The maximum atomic E-state index is 12.6. The number of carbonyl (C=O) groups is 1. The van der Waals surface area contributed by atoms with Crippen molar-refractivity contribution >= 4 is 17.7 Å². The highest BCUT2D eigenvalue weighted by atomic mass is 32.2. The lowest BCUT2D eigenvalue weighted by Crippen LogP contribution is -2.26. The second-order valence-electron chi connectivity index (χ2n) is 7.72. The first-order valence-corrected chi connectivity index (χ1v) is 11.2. The maximum Gasteiger partial charge on any atom is 0.251 e. The van der Waals surface area contributed by atoms with Gasteiger partial charge in [-0.25, -0.2) is 0 Å². The Morgan fingerprint density at radius 3 is 2.57 bits per heavy atom. The highest BCUT2D eigenvalue weighted by Crippen LogP contribution is 2.30. The molecule has 0 aliphatic heterocycles. The van der Waals surface area contributed by atoms with Crippen LogP contribution in [-0.2, 0) is 5.75 Å². The third kappa shape index (κ3) is 4.51. The number of benzene rings is 2. The van der Waals surface area contributed by atoms with Crippen LogP contribution < -0.4 is 10.1 Å². The van der Waals surface area contributed by atoms with Crippen molar-refractivity contribution in [2.75, 3.05) is 7.11 Å². The number of rotatable bonds is 8. The molecule has 3 aromatic rings. The highest BCUT2D eigenvalue weighted by molar-refractivity contribution is 7.98. The van der Waals surface area contributed by atoms with E-state index in [-0.39, 0.29) is 11.8 Å². The molecular weight excluding hydrogens is 396 g/mol. The molecule has 6 nitrogen and oxygen atoms in total. The number of aromatic nitrogens is 3. The molecule has 0 atom stereocenters. The second-order valence-corrected chi connectivity index (χ2v) is 8.66. The minimum Gasteiger partial charge on any atom is -0.497 e. The molecule has 0 radical (unpaired) electrons. The second kappa shape index (κ2) is 8.92. The zero-order valence-corrected chi connectivity index (χ0v) is 18.3. The van der Waals surface area contributed by atoms with Crippen LogP contribution in [0.2, 0.25) is 0 Å². The predicted octanol–water partition coefficient (Wildman–Crippen LogP) is 4.58. The van der Waals surface area contributed by atoms with E-state index in [0.717, 1.165) is 46.4 Å². The van der Waals surface area contributed by atoms with Gasteiger partial charge in [-0.1, -0.05) is 43.8 Å². The van der Waals surface area contributed by atoms with Gasteiger partial charge in [0.15, 0.2) is 5.16 Å². The third-order valence-electron chi connectivity index (χ3n) is 5.04. The van der Waals surface area contributed by atoms with Crippen molar-refractivity contribution in [3.8, 4) is 11.4 Å². The van der Waals surface area contributed by atoms with Gasteiger partial charge in [0.25, 0.3) is 5.91 Å². The van der Waals surface area contributed by atoms with E-state index in [1.807, 2.05) is 48.5 Å². The van der Waals surface area contributed by atoms with Gasteiger partial charge in [0.05, 0.1) is 7.11 Å². The number of nitrogens with one attached hydrogen (secondary N) is 1. The number of thioether (sulfide) groups is 1. The van der Waals surface area contributed by atoms with E-state index < -0.39 is 0 Å². The van der Waals surface area contributed by atoms with Gasteiger partial charge in [-0.05, 0) is 48.7 Å². The molecule has 0 unspecified atom stereocenters. The summed E-state index contributed by atoms with van der Waals surface area (Å²) in [5.41, 5.74) is 2.72. The molecule has 0 bridgehead atoms. The van der Waals surface area contributed by atoms with Gasteiger partial charge in [0.1, 0.15) is 11.6 Å². The quantitative estimate of drug-likeness (QED) is 0.538. The van der Waals surface area contributed by atoms with Crippen LogP contribution in [0.15, 0.2) is 53.7 Å². The Labute approximate surface area is 181 Å². The molecule has 1 fully saturated rings. The van der Waals surface area contributed by atoms with E-state index in [1.165, 1.54) is 0 Å². The van der Waals surface area contributed by atoms with Gasteiger partial charge in [0.2, 0.25) is 0 Å². The summed E-state index contributed by atoms with van der Waals surface area (Å²) in [6.45, 7) is 4.21. The molecule has 0 spiro atoms. The summed E-state index contributed by atoms with van der Waals surface area (Å²) >= 11 is 1.59. The van der Waals surface area contributed by atoms with Crippen molar-refractivity contribution in [2.24, 2.45) is 0 Å². The van der Waals surface area contributed by atoms with Crippen molar-refractivity contribution in [2.45, 2.75) is 49.6 Å². The van der Waals surface area contributed by atoms with Crippen molar-refractivity contribution in [1.82, 2.24) is 20.1 Å². The van der Waals surface area contributed by atoms with Crippen LogP contribution in [0.3, 0.4) is 0 Å². The molecule has 1 heterocycles. The van der Waals surface area contributed by atoms with Gasteiger partial charge >= 0.3 is 0 Å². The standard InChI is InChI=1S/C23H26N4O2S/c1-15(2)21-25-26-23(27(21)18-10-12-19(29-3)13-11-18)30-14-16-6-4-5-7-20(16)22(28)24-17-8-9-17/h4-7,10-13,15,17H,8-9,14H2,1-3H3,(H,24,28). The third-order valence-corrected chi connectivity index (χ3v) is 6.01. The van der Waals surface area contributed by atoms with Crippen LogP contribution in [-0.4, -0.2) is 33.8 Å². The molecule has 156 valence electrons. The Morgan fingerprint density at radius 2 is 1.90 bits per heavy atom. The molecule has 1 N–H and O–H groups in total. The molecule has 1 aliphatic carbocycles. The fraction of sp³-hybridized carbons (Fsp3) is 0.348. The lowest BCUT2D eigenvalue weighted by Gasteiger charge is -2.13. The van der Waals surface area contributed by atoms with Crippen LogP contribution in [0.1, 0.15) is 54.4 Å². The normalized spacial score (nSPS) is 13.5. The molecule has 1 aromatic heterocycles. The summed E-state index contributed by atoms with van der Waals surface area (Å²) in [5, 5.41) is 12.8. The van der Waals surface area contributed by atoms with Crippen LogP contribution >= 0.6 is 11.8 Å². The molecule has 2 aromatic carbocycles. The molecule has 7 heteroatoms. The maximum absolute atomic E-state index is 12.6. The molecule has 1 aliphatic rings. The molecule has 1 amide bonds. The number of ether oxygens (including phenoxy) is 1. The van der Waals surface area contributed by atoms with Crippen LogP contribution in [0.4, 0.5) is 0 Å². The van der Waals surface area contributed by atoms with E-state index in [4.69, 9.17) is 4.74 Å². The first kappa shape index (κ1) is 20.5. The van der Waals surface area contributed by atoms with Gasteiger partial charge in [-0.3, -0.25) is 9.36 Å². The molecule has 4 rings (SSSR count). The zero-order chi connectivity index (χ0) is 21.1. The fourth-order valence-corrected chi connectivity index (χ4v) is 4.19. The van der Waals surface area contributed by atoms with Crippen molar-refractivity contribution in [3.05, 3.63) is 65.5 Å². The Morgan fingerprint density at radius 1 is 1.17 bits per heavy atom. The van der Waals surface area contributed by atoms with Crippen molar-refractivity contribution < 1.29 is 9.53 Å². The topological polar surface area (TPSA) is 69.0 Å². The largest absolute Gasteiger partial charge is 0.497 e. The smallest absolute Gasteiger partial charge is 0.251 e. The van der Waals surface area contributed by atoms with Crippen LogP contribution in [0.25, 0.3) is 5.69 Å². The first-order valence-electron chi connectivity index (χ1n) is 10.2. The summed E-state index contributed by atoms with van der Waals surface area (Å²) in [6, 6.07) is 16.0. The number of hydrogen-bond donors (Lipinski definition) is 1. The molecule has 30 heavy (non-hydrogen) atoms.